The summed E-state index contributed by atoms with van der Waals surface area (Å²) in [5.41, 5.74) is 0.984. The summed E-state index contributed by atoms with van der Waals surface area (Å²) in [5, 5.41) is 3.17. The minimum Gasteiger partial charge on any atom is -0.334 e. The van der Waals surface area contributed by atoms with Crippen molar-refractivity contribution in [2.75, 3.05) is 26.2 Å². The number of hydrogen-bond donors (Lipinski definition) is 1. The van der Waals surface area contributed by atoms with Crippen LogP contribution >= 0.6 is 0 Å². The summed E-state index contributed by atoms with van der Waals surface area (Å²) in [4.78, 5) is 12.4. The zero-order valence-corrected chi connectivity index (χ0v) is 11.9. The lowest BCUT2D eigenvalue weighted by molar-refractivity contribution is -0.184. The topological polar surface area (TPSA) is 32.3 Å². The predicted octanol–water partition coefficient (Wildman–Crippen LogP) is 2.40. The number of halogens is 3. The quantitative estimate of drug-likeness (QED) is 0.926. The fourth-order valence-corrected chi connectivity index (χ4v) is 2.83. The molecule has 1 amide bonds. The van der Waals surface area contributed by atoms with Gasteiger partial charge in [-0.2, -0.15) is 13.2 Å². The second-order valence-corrected chi connectivity index (χ2v) is 5.29. The van der Waals surface area contributed by atoms with Gasteiger partial charge in [0.15, 0.2) is 0 Å². The Bertz CT molecular complexity index is 476. The third-order valence-electron chi connectivity index (χ3n) is 3.85. The normalized spacial score (nSPS) is 22.6. The summed E-state index contributed by atoms with van der Waals surface area (Å²) in [5.74, 6) is -1.79. The first-order valence-corrected chi connectivity index (χ1v) is 7.05. The first kappa shape index (κ1) is 15.8. The molecule has 0 aromatic heterocycles. The van der Waals surface area contributed by atoms with Crippen LogP contribution in [0.3, 0.4) is 0 Å². The molecule has 0 unspecified atom stereocenters. The van der Waals surface area contributed by atoms with Gasteiger partial charge < -0.3 is 10.2 Å². The van der Waals surface area contributed by atoms with Crippen LogP contribution in [-0.2, 0) is 4.79 Å². The van der Waals surface area contributed by atoms with E-state index in [2.05, 4.69) is 5.32 Å². The average molecular weight is 300 g/mol. The zero-order chi connectivity index (χ0) is 15.5. The van der Waals surface area contributed by atoms with Crippen LogP contribution in [0.15, 0.2) is 30.3 Å². The van der Waals surface area contributed by atoms with Crippen LogP contribution in [0.2, 0.25) is 0 Å². The minimum absolute atomic E-state index is 0.00125. The molecule has 3 nitrogen and oxygen atoms in total. The summed E-state index contributed by atoms with van der Waals surface area (Å²) >= 11 is 0. The van der Waals surface area contributed by atoms with Crippen molar-refractivity contribution in [1.82, 2.24) is 10.2 Å². The molecule has 2 rings (SSSR count). The second kappa shape index (κ2) is 6.47. The molecule has 1 N–H and O–H groups in total. The van der Waals surface area contributed by atoms with Gasteiger partial charge in [-0.25, -0.2) is 0 Å². The number of benzene rings is 1. The van der Waals surface area contributed by atoms with Crippen LogP contribution in [0.1, 0.15) is 18.4 Å². The van der Waals surface area contributed by atoms with Crippen molar-refractivity contribution in [3.63, 3.8) is 0 Å². The van der Waals surface area contributed by atoms with Crippen LogP contribution in [0.25, 0.3) is 0 Å². The Kier molecular flexibility index (Phi) is 4.88. The van der Waals surface area contributed by atoms with E-state index in [1.165, 1.54) is 0 Å². The maximum atomic E-state index is 12.6. The Morgan fingerprint density at radius 3 is 2.52 bits per heavy atom. The standard InChI is InChI=1S/C15H19F3N2O/c1-2-19-8-12-9-20(14(21)15(16,17)18)10-13(12)11-6-4-3-5-7-11/h3-7,12-13,19H,2,8-10H2,1H3/t12-,13+/m0/s1. The Balaban J connectivity index is 2.16. The van der Waals surface area contributed by atoms with Crippen LogP contribution in [0.5, 0.6) is 0 Å². The number of likely N-dealkylation sites (tertiary alicyclic amines) is 1. The first-order chi connectivity index (χ1) is 9.93. The molecule has 1 fully saturated rings. The maximum absolute atomic E-state index is 12.6. The smallest absolute Gasteiger partial charge is 0.334 e. The van der Waals surface area contributed by atoms with Crippen molar-refractivity contribution in [2.24, 2.45) is 5.92 Å². The summed E-state index contributed by atoms with van der Waals surface area (Å²) in [6, 6.07) is 9.43. The summed E-state index contributed by atoms with van der Waals surface area (Å²) in [6.45, 7) is 3.58. The molecule has 0 saturated carbocycles. The molecule has 1 saturated heterocycles. The summed E-state index contributed by atoms with van der Waals surface area (Å²) < 4.78 is 37.8. The van der Waals surface area contributed by atoms with E-state index >= 15 is 0 Å². The van der Waals surface area contributed by atoms with E-state index in [0.717, 1.165) is 17.0 Å². The third-order valence-corrected chi connectivity index (χ3v) is 3.85. The van der Waals surface area contributed by atoms with Gasteiger partial charge in [-0.1, -0.05) is 37.3 Å². The molecule has 1 aliphatic rings. The lowest BCUT2D eigenvalue weighted by Gasteiger charge is -2.18. The van der Waals surface area contributed by atoms with E-state index in [1.54, 1.807) is 0 Å². The van der Waals surface area contributed by atoms with Gasteiger partial charge in [0, 0.05) is 25.6 Å². The van der Waals surface area contributed by atoms with Crippen molar-refractivity contribution in [1.29, 1.82) is 0 Å². The van der Waals surface area contributed by atoms with Gasteiger partial charge in [0.05, 0.1) is 0 Å². The van der Waals surface area contributed by atoms with Crippen molar-refractivity contribution < 1.29 is 18.0 Å². The molecule has 0 bridgehead atoms. The van der Waals surface area contributed by atoms with Gasteiger partial charge in [0.25, 0.3) is 0 Å². The molecule has 116 valence electrons. The van der Waals surface area contributed by atoms with E-state index < -0.39 is 12.1 Å². The number of rotatable bonds is 4. The number of alkyl halides is 3. The molecule has 6 heteroatoms. The fourth-order valence-electron chi connectivity index (χ4n) is 2.83. The number of carbonyl (C=O) groups excluding carboxylic acids is 1. The lowest BCUT2D eigenvalue weighted by atomic mass is 9.89. The third kappa shape index (κ3) is 3.75. The molecule has 1 aromatic carbocycles. The Labute approximate surface area is 122 Å². The maximum Gasteiger partial charge on any atom is 0.471 e. The fraction of sp³-hybridized carbons (Fsp3) is 0.533. The molecule has 1 heterocycles. The number of hydrogen-bond acceptors (Lipinski definition) is 2. The Morgan fingerprint density at radius 1 is 1.29 bits per heavy atom. The van der Waals surface area contributed by atoms with E-state index in [4.69, 9.17) is 0 Å². The highest BCUT2D eigenvalue weighted by atomic mass is 19.4. The molecule has 21 heavy (non-hydrogen) atoms. The highest BCUT2D eigenvalue weighted by molar-refractivity contribution is 5.82. The highest BCUT2D eigenvalue weighted by Crippen LogP contribution is 2.34. The molecule has 2 atom stereocenters. The van der Waals surface area contributed by atoms with E-state index in [1.807, 2.05) is 37.3 Å². The van der Waals surface area contributed by atoms with E-state index in [-0.39, 0.29) is 24.9 Å². The number of nitrogens with one attached hydrogen (secondary N) is 1. The first-order valence-electron chi connectivity index (χ1n) is 7.05. The van der Waals surface area contributed by atoms with Gasteiger partial charge >= 0.3 is 12.1 Å². The van der Waals surface area contributed by atoms with Crippen LogP contribution < -0.4 is 5.32 Å². The minimum atomic E-state index is -4.80. The SMILES string of the molecule is CCNC[C@H]1CN(C(=O)C(F)(F)F)C[C@@H]1c1ccccc1. The Morgan fingerprint density at radius 2 is 1.95 bits per heavy atom. The molecule has 0 aliphatic carbocycles. The number of nitrogens with zero attached hydrogens (tertiary/aromatic N) is 1. The molecular formula is C15H19F3N2O. The van der Waals surface area contributed by atoms with Gasteiger partial charge in [-0.15, -0.1) is 0 Å². The predicted molar refractivity (Wildman–Crippen MR) is 73.9 cm³/mol. The van der Waals surface area contributed by atoms with Crippen molar-refractivity contribution in [3.8, 4) is 0 Å². The molecular weight excluding hydrogens is 281 g/mol. The molecule has 0 spiro atoms. The Hall–Kier alpha value is -1.56. The monoisotopic (exact) mass is 300 g/mol. The van der Waals surface area contributed by atoms with Crippen molar-refractivity contribution in [3.05, 3.63) is 35.9 Å². The zero-order valence-electron chi connectivity index (χ0n) is 11.9. The van der Waals surface area contributed by atoms with Crippen LogP contribution in [0.4, 0.5) is 13.2 Å². The van der Waals surface area contributed by atoms with Crippen molar-refractivity contribution >= 4 is 5.91 Å². The second-order valence-electron chi connectivity index (χ2n) is 5.29. The van der Waals surface area contributed by atoms with Crippen LogP contribution in [0, 0.1) is 5.92 Å². The number of carbonyl (C=O) groups is 1. The van der Waals surface area contributed by atoms with E-state index in [9.17, 15) is 18.0 Å². The van der Waals surface area contributed by atoms with E-state index in [0.29, 0.717) is 6.54 Å². The van der Waals surface area contributed by atoms with Gasteiger partial charge in [-0.05, 0) is 18.0 Å². The van der Waals surface area contributed by atoms with Crippen molar-refractivity contribution in [2.45, 2.75) is 19.0 Å². The summed E-state index contributed by atoms with van der Waals surface area (Å²) in [6.07, 6.45) is -4.80. The molecule has 1 aromatic rings. The van der Waals surface area contributed by atoms with Gasteiger partial charge in [0.2, 0.25) is 0 Å². The summed E-state index contributed by atoms with van der Waals surface area (Å²) in [7, 11) is 0. The number of amides is 1. The average Bonchev–Trinajstić information content (AvgIpc) is 2.88. The molecule has 1 aliphatic heterocycles. The van der Waals surface area contributed by atoms with Gasteiger partial charge in [-0.3, -0.25) is 4.79 Å². The van der Waals surface area contributed by atoms with Crippen LogP contribution in [-0.4, -0.2) is 43.2 Å². The highest BCUT2D eigenvalue weighted by Gasteiger charge is 2.47. The largest absolute Gasteiger partial charge is 0.471 e. The van der Waals surface area contributed by atoms with Gasteiger partial charge in [0.1, 0.15) is 0 Å². The lowest BCUT2D eigenvalue weighted by Crippen LogP contribution is -2.40. The molecule has 0 radical (unpaired) electrons.